The summed E-state index contributed by atoms with van der Waals surface area (Å²) in [6.07, 6.45) is 7.52. The smallest absolute Gasteiger partial charge is 0.183 e. The maximum absolute atomic E-state index is 9.18. The van der Waals surface area contributed by atoms with Crippen LogP contribution in [0.5, 0.6) is 0 Å². The van der Waals surface area contributed by atoms with E-state index in [-0.39, 0.29) is 0 Å². The number of piperidine rings is 1. The zero-order valence-corrected chi connectivity index (χ0v) is 14.7. The van der Waals surface area contributed by atoms with E-state index in [9.17, 15) is 5.26 Å². The Hall–Kier alpha value is -1.71. The van der Waals surface area contributed by atoms with Crippen molar-refractivity contribution in [2.75, 3.05) is 37.6 Å². The van der Waals surface area contributed by atoms with E-state index >= 15 is 0 Å². The molecule has 1 aromatic rings. The standard InChI is InChI=1S/C18H27N5O/c1-14-12-22(13-15(2)24-14)8-3-16-4-9-23(10-5-16)18-17(11-19)20-6-7-21-18/h6-7,14-16H,3-5,8-10,12-13H2,1-2H3. The fourth-order valence-electron chi connectivity index (χ4n) is 3.91. The van der Waals surface area contributed by atoms with Crippen LogP contribution in [0.2, 0.25) is 0 Å². The lowest BCUT2D eigenvalue weighted by atomic mass is 9.93. The Morgan fingerprint density at radius 3 is 2.50 bits per heavy atom. The van der Waals surface area contributed by atoms with Gasteiger partial charge in [0, 0.05) is 38.6 Å². The van der Waals surface area contributed by atoms with Gasteiger partial charge in [0.15, 0.2) is 11.5 Å². The molecule has 0 aliphatic carbocycles. The lowest BCUT2D eigenvalue weighted by molar-refractivity contribution is -0.0690. The average molecular weight is 329 g/mol. The third-order valence-corrected chi connectivity index (χ3v) is 5.05. The van der Waals surface area contributed by atoms with Crippen LogP contribution in [0, 0.1) is 17.2 Å². The minimum Gasteiger partial charge on any atom is -0.373 e. The molecule has 0 spiro atoms. The van der Waals surface area contributed by atoms with Crippen molar-refractivity contribution >= 4 is 5.82 Å². The Bertz CT molecular complexity index is 569. The van der Waals surface area contributed by atoms with Crippen LogP contribution in [-0.4, -0.2) is 59.8 Å². The zero-order valence-electron chi connectivity index (χ0n) is 14.7. The maximum atomic E-state index is 9.18. The molecule has 0 saturated carbocycles. The molecule has 2 aliphatic heterocycles. The predicted octanol–water partition coefficient (Wildman–Crippen LogP) is 2.06. The molecule has 3 heterocycles. The van der Waals surface area contributed by atoms with Crippen LogP contribution in [0.1, 0.15) is 38.8 Å². The highest BCUT2D eigenvalue weighted by molar-refractivity contribution is 5.49. The van der Waals surface area contributed by atoms with Crippen LogP contribution in [0.3, 0.4) is 0 Å². The first-order valence-corrected chi connectivity index (χ1v) is 8.99. The van der Waals surface area contributed by atoms with E-state index in [1.807, 2.05) is 0 Å². The van der Waals surface area contributed by atoms with Crippen molar-refractivity contribution in [2.45, 2.75) is 45.3 Å². The number of morpholine rings is 1. The summed E-state index contributed by atoms with van der Waals surface area (Å²) in [6.45, 7) is 9.52. The van der Waals surface area contributed by atoms with Gasteiger partial charge in [-0.2, -0.15) is 5.26 Å². The molecule has 0 bridgehead atoms. The fraction of sp³-hybridized carbons (Fsp3) is 0.722. The number of hydrogen-bond acceptors (Lipinski definition) is 6. The average Bonchev–Trinajstić information content (AvgIpc) is 2.59. The third-order valence-electron chi connectivity index (χ3n) is 5.05. The highest BCUT2D eigenvalue weighted by Gasteiger charge is 2.25. The summed E-state index contributed by atoms with van der Waals surface area (Å²) in [5.74, 6) is 1.51. The van der Waals surface area contributed by atoms with E-state index in [1.54, 1.807) is 12.4 Å². The minimum absolute atomic E-state index is 0.344. The normalized spacial score (nSPS) is 26.3. The summed E-state index contributed by atoms with van der Waals surface area (Å²) in [5, 5.41) is 9.18. The molecular weight excluding hydrogens is 302 g/mol. The Balaban J connectivity index is 1.46. The molecule has 3 rings (SSSR count). The second-order valence-electron chi connectivity index (χ2n) is 7.08. The van der Waals surface area contributed by atoms with Crippen molar-refractivity contribution in [1.82, 2.24) is 14.9 Å². The highest BCUT2D eigenvalue weighted by atomic mass is 16.5. The van der Waals surface area contributed by atoms with E-state index in [4.69, 9.17) is 4.74 Å². The van der Waals surface area contributed by atoms with Gasteiger partial charge in [0.05, 0.1) is 12.2 Å². The molecule has 2 unspecified atom stereocenters. The number of rotatable bonds is 4. The summed E-state index contributed by atoms with van der Waals surface area (Å²) in [5.41, 5.74) is 0.437. The lowest BCUT2D eigenvalue weighted by Gasteiger charge is -2.37. The van der Waals surface area contributed by atoms with Crippen LogP contribution in [-0.2, 0) is 4.74 Å². The Kier molecular flexibility index (Phi) is 5.64. The molecule has 0 radical (unpaired) electrons. The van der Waals surface area contributed by atoms with Gasteiger partial charge in [0.2, 0.25) is 0 Å². The third kappa shape index (κ3) is 4.22. The molecule has 2 fully saturated rings. The second kappa shape index (κ2) is 7.91. The number of aromatic nitrogens is 2. The molecule has 24 heavy (non-hydrogen) atoms. The van der Waals surface area contributed by atoms with Crippen LogP contribution >= 0.6 is 0 Å². The summed E-state index contributed by atoms with van der Waals surface area (Å²) < 4.78 is 5.81. The molecule has 0 aromatic carbocycles. The predicted molar refractivity (Wildman–Crippen MR) is 92.8 cm³/mol. The number of nitriles is 1. The molecule has 1 aromatic heterocycles. The first kappa shape index (κ1) is 17.1. The number of nitrogens with zero attached hydrogens (tertiary/aromatic N) is 5. The summed E-state index contributed by atoms with van der Waals surface area (Å²) in [6, 6.07) is 2.15. The molecule has 0 N–H and O–H groups in total. The van der Waals surface area contributed by atoms with Gasteiger partial charge in [0.25, 0.3) is 0 Å². The van der Waals surface area contributed by atoms with Gasteiger partial charge in [-0.3, -0.25) is 4.90 Å². The Labute approximate surface area is 144 Å². The lowest BCUT2D eigenvalue weighted by Crippen LogP contribution is -2.46. The Morgan fingerprint density at radius 1 is 1.17 bits per heavy atom. The summed E-state index contributed by atoms with van der Waals surface area (Å²) >= 11 is 0. The molecule has 2 atom stereocenters. The maximum Gasteiger partial charge on any atom is 0.183 e. The van der Waals surface area contributed by atoms with E-state index in [0.717, 1.165) is 57.3 Å². The van der Waals surface area contributed by atoms with Crippen molar-refractivity contribution in [3.05, 3.63) is 18.1 Å². The SMILES string of the molecule is CC1CN(CCC2CCN(c3nccnc3C#N)CC2)CC(C)O1. The molecular formula is C18H27N5O. The second-order valence-corrected chi connectivity index (χ2v) is 7.08. The van der Waals surface area contributed by atoms with Crippen molar-refractivity contribution in [3.63, 3.8) is 0 Å². The van der Waals surface area contributed by atoms with Crippen molar-refractivity contribution in [3.8, 4) is 6.07 Å². The highest BCUT2D eigenvalue weighted by Crippen LogP contribution is 2.25. The molecule has 2 aliphatic rings. The van der Waals surface area contributed by atoms with Crippen molar-refractivity contribution in [1.29, 1.82) is 5.26 Å². The van der Waals surface area contributed by atoms with Gasteiger partial charge in [-0.05, 0) is 45.6 Å². The Morgan fingerprint density at radius 2 is 1.83 bits per heavy atom. The monoisotopic (exact) mass is 329 g/mol. The van der Waals surface area contributed by atoms with Gasteiger partial charge >= 0.3 is 0 Å². The largest absolute Gasteiger partial charge is 0.373 e. The van der Waals surface area contributed by atoms with Gasteiger partial charge in [-0.15, -0.1) is 0 Å². The van der Waals surface area contributed by atoms with Crippen LogP contribution in [0.25, 0.3) is 0 Å². The molecule has 6 nitrogen and oxygen atoms in total. The summed E-state index contributed by atoms with van der Waals surface area (Å²) in [7, 11) is 0. The fourth-order valence-corrected chi connectivity index (χ4v) is 3.91. The van der Waals surface area contributed by atoms with Crippen LogP contribution in [0.4, 0.5) is 5.82 Å². The van der Waals surface area contributed by atoms with Crippen molar-refractivity contribution < 1.29 is 4.74 Å². The van der Waals surface area contributed by atoms with E-state index < -0.39 is 0 Å². The van der Waals surface area contributed by atoms with Gasteiger partial charge in [-0.1, -0.05) is 0 Å². The first-order chi connectivity index (χ1) is 11.7. The van der Waals surface area contributed by atoms with Gasteiger partial charge in [-0.25, -0.2) is 9.97 Å². The van der Waals surface area contributed by atoms with Gasteiger partial charge < -0.3 is 9.64 Å². The number of anilines is 1. The van der Waals surface area contributed by atoms with Crippen LogP contribution in [0.15, 0.2) is 12.4 Å². The molecule has 130 valence electrons. The molecule has 2 saturated heterocycles. The van der Waals surface area contributed by atoms with E-state index in [0.29, 0.717) is 17.9 Å². The zero-order chi connectivity index (χ0) is 16.9. The number of ether oxygens (including phenoxy) is 1. The molecule has 6 heteroatoms. The van der Waals surface area contributed by atoms with Gasteiger partial charge in [0.1, 0.15) is 6.07 Å². The topological polar surface area (TPSA) is 65.3 Å². The molecule has 0 amide bonds. The van der Waals surface area contributed by atoms with E-state index in [2.05, 4.69) is 39.7 Å². The summed E-state index contributed by atoms with van der Waals surface area (Å²) in [4.78, 5) is 13.2. The first-order valence-electron chi connectivity index (χ1n) is 8.99. The minimum atomic E-state index is 0.344. The van der Waals surface area contributed by atoms with Crippen LogP contribution < -0.4 is 4.90 Å². The van der Waals surface area contributed by atoms with E-state index in [1.165, 1.54) is 6.42 Å². The van der Waals surface area contributed by atoms with Crippen molar-refractivity contribution in [2.24, 2.45) is 5.92 Å². The quantitative estimate of drug-likeness (QED) is 0.842. The number of hydrogen-bond donors (Lipinski definition) is 0.